The number of amides is 2. The lowest BCUT2D eigenvalue weighted by Crippen LogP contribution is -2.53. The minimum absolute atomic E-state index is 0.0499. The van der Waals surface area contributed by atoms with Crippen molar-refractivity contribution in [2.24, 2.45) is 11.0 Å². The first kappa shape index (κ1) is 18.2. The maximum absolute atomic E-state index is 12.9. The Hall–Kier alpha value is -2.10. The maximum atomic E-state index is 12.9. The van der Waals surface area contributed by atoms with Gasteiger partial charge in [0.05, 0.1) is 6.07 Å². The fourth-order valence-electron chi connectivity index (χ4n) is 3.16. The van der Waals surface area contributed by atoms with E-state index in [0.29, 0.717) is 6.42 Å². The number of alkyl carbamates (subject to hydrolysis) is 1. The molecule has 0 saturated heterocycles. The van der Waals surface area contributed by atoms with Crippen LogP contribution in [0.25, 0.3) is 0 Å². The van der Waals surface area contributed by atoms with Crippen molar-refractivity contribution < 1.29 is 14.3 Å². The van der Waals surface area contributed by atoms with Crippen molar-refractivity contribution in [3.63, 3.8) is 0 Å². The smallest absolute Gasteiger partial charge is 0.408 e. The van der Waals surface area contributed by atoms with Crippen molar-refractivity contribution >= 4 is 18.2 Å². The molecule has 0 aromatic rings. The molecular formula is C17H26N4O3. The molecule has 7 heteroatoms. The van der Waals surface area contributed by atoms with E-state index >= 15 is 0 Å². The zero-order chi connectivity index (χ0) is 17.7. The summed E-state index contributed by atoms with van der Waals surface area (Å²) < 4.78 is 5.30. The Bertz CT molecular complexity index is 541. The standard InChI is InChI=1S/C17H26N4O3/c1-17(2,3)24-16(23)20-14(12-7-5-4-6-8-12)15(22)21-13(11-18)9-10-19-21/h10,12-14H,4-9H2,1-3H3,(H,20,23)/t13-,14-/m0/s1. The summed E-state index contributed by atoms with van der Waals surface area (Å²) in [7, 11) is 0. The van der Waals surface area contributed by atoms with Crippen LogP contribution in [0.5, 0.6) is 0 Å². The first-order valence-electron chi connectivity index (χ1n) is 8.56. The molecule has 1 aliphatic heterocycles. The normalized spacial score (nSPS) is 22.8. The van der Waals surface area contributed by atoms with Crippen LogP contribution in [0.3, 0.4) is 0 Å². The van der Waals surface area contributed by atoms with Gasteiger partial charge in [0.1, 0.15) is 17.7 Å². The summed E-state index contributed by atoms with van der Waals surface area (Å²) in [6.45, 7) is 5.33. The van der Waals surface area contributed by atoms with Crippen LogP contribution in [0.2, 0.25) is 0 Å². The number of hydrazone groups is 1. The number of nitrogens with zero attached hydrogens (tertiary/aromatic N) is 3. The van der Waals surface area contributed by atoms with Crippen molar-refractivity contribution in [3.05, 3.63) is 0 Å². The molecule has 1 saturated carbocycles. The summed E-state index contributed by atoms with van der Waals surface area (Å²) in [6, 6.07) is 0.784. The molecule has 24 heavy (non-hydrogen) atoms. The second-order valence-corrected chi connectivity index (χ2v) is 7.38. The summed E-state index contributed by atoms with van der Waals surface area (Å²) in [5.74, 6) is -0.276. The van der Waals surface area contributed by atoms with Gasteiger partial charge in [0.15, 0.2) is 0 Å². The Kier molecular flexibility index (Phi) is 5.81. The van der Waals surface area contributed by atoms with Gasteiger partial charge in [-0.1, -0.05) is 19.3 Å². The Morgan fingerprint density at radius 3 is 2.58 bits per heavy atom. The van der Waals surface area contributed by atoms with E-state index in [9.17, 15) is 14.9 Å². The van der Waals surface area contributed by atoms with Gasteiger partial charge in [0, 0.05) is 12.6 Å². The van der Waals surface area contributed by atoms with Gasteiger partial charge >= 0.3 is 6.09 Å². The summed E-state index contributed by atoms with van der Waals surface area (Å²) in [5.41, 5.74) is -0.634. The van der Waals surface area contributed by atoms with Gasteiger partial charge in [0.2, 0.25) is 0 Å². The highest BCUT2D eigenvalue weighted by atomic mass is 16.6. The fourth-order valence-corrected chi connectivity index (χ4v) is 3.16. The Morgan fingerprint density at radius 2 is 2.00 bits per heavy atom. The van der Waals surface area contributed by atoms with Crippen molar-refractivity contribution in [1.29, 1.82) is 5.26 Å². The first-order chi connectivity index (χ1) is 11.3. The van der Waals surface area contributed by atoms with E-state index in [0.717, 1.165) is 32.1 Å². The van der Waals surface area contributed by atoms with Crippen LogP contribution in [-0.2, 0) is 9.53 Å². The predicted octanol–water partition coefficient (Wildman–Crippen LogP) is 2.57. The Balaban J connectivity index is 2.13. The van der Waals surface area contributed by atoms with Gasteiger partial charge in [-0.15, -0.1) is 0 Å². The third kappa shape index (κ3) is 4.70. The number of nitriles is 1. The van der Waals surface area contributed by atoms with Gasteiger partial charge in [-0.3, -0.25) is 4.79 Å². The average Bonchev–Trinajstić information content (AvgIpc) is 2.99. The SMILES string of the molecule is CC(C)(C)OC(=O)N[C@H](C(=O)N1N=CC[C@H]1C#N)C1CCCCC1. The average molecular weight is 334 g/mol. The zero-order valence-corrected chi connectivity index (χ0v) is 14.6. The van der Waals surface area contributed by atoms with E-state index in [1.165, 1.54) is 5.01 Å². The quantitative estimate of drug-likeness (QED) is 0.858. The van der Waals surface area contributed by atoms with Gasteiger partial charge in [-0.05, 0) is 39.5 Å². The second kappa shape index (κ2) is 7.65. The highest BCUT2D eigenvalue weighted by Crippen LogP contribution is 2.28. The molecule has 2 aliphatic rings. The van der Waals surface area contributed by atoms with Crippen molar-refractivity contribution in [2.75, 3.05) is 0 Å². The van der Waals surface area contributed by atoms with E-state index in [-0.39, 0.29) is 11.8 Å². The van der Waals surface area contributed by atoms with Crippen LogP contribution in [0, 0.1) is 17.2 Å². The number of carbonyl (C=O) groups excluding carboxylic acids is 2. The predicted molar refractivity (Wildman–Crippen MR) is 89.1 cm³/mol. The third-order valence-electron chi connectivity index (χ3n) is 4.26. The lowest BCUT2D eigenvalue weighted by atomic mass is 9.83. The summed E-state index contributed by atoms with van der Waals surface area (Å²) >= 11 is 0. The minimum Gasteiger partial charge on any atom is -0.444 e. The summed E-state index contributed by atoms with van der Waals surface area (Å²) in [4.78, 5) is 25.1. The van der Waals surface area contributed by atoms with E-state index in [2.05, 4.69) is 16.5 Å². The minimum atomic E-state index is -0.703. The van der Waals surface area contributed by atoms with Crippen LogP contribution in [0.4, 0.5) is 4.79 Å². The Labute approximate surface area is 143 Å². The van der Waals surface area contributed by atoms with Crippen LogP contribution >= 0.6 is 0 Å². The molecule has 0 spiro atoms. The lowest BCUT2D eigenvalue weighted by Gasteiger charge is -2.32. The van der Waals surface area contributed by atoms with Crippen LogP contribution in [0.1, 0.15) is 59.3 Å². The van der Waals surface area contributed by atoms with Crippen LogP contribution < -0.4 is 5.32 Å². The number of nitrogens with one attached hydrogen (secondary N) is 1. The van der Waals surface area contributed by atoms with Gasteiger partial charge in [-0.2, -0.15) is 10.4 Å². The molecule has 2 atom stereocenters. The third-order valence-corrected chi connectivity index (χ3v) is 4.26. The molecule has 132 valence electrons. The Morgan fingerprint density at radius 1 is 1.33 bits per heavy atom. The largest absolute Gasteiger partial charge is 0.444 e. The van der Waals surface area contributed by atoms with E-state index in [1.54, 1.807) is 27.0 Å². The number of ether oxygens (including phenoxy) is 1. The van der Waals surface area contributed by atoms with Crippen molar-refractivity contribution in [2.45, 2.75) is 77.0 Å². The molecule has 1 heterocycles. The molecule has 2 rings (SSSR count). The maximum Gasteiger partial charge on any atom is 0.408 e. The highest BCUT2D eigenvalue weighted by Gasteiger charge is 2.38. The molecule has 0 aromatic carbocycles. The van der Waals surface area contributed by atoms with E-state index < -0.39 is 23.8 Å². The molecule has 1 fully saturated rings. The first-order valence-corrected chi connectivity index (χ1v) is 8.56. The molecule has 0 aromatic heterocycles. The molecule has 0 bridgehead atoms. The molecule has 1 aliphatic carbocycles. The van der Waals surface area contributed by atoms with Gasteiger partial charge in [0.25, 0.3) is 5.91 Å². The molecule has 0 unspecified atom stereocenters. The fraction of sp³-hybridized carbons (Fsp3) is 0.765. The van der Waals surface area contributed by atoms with Crippen molar-refractivity contribution in [3.8, 4) is 6.07 Å². The van der Waals surface area contributed by atoms with Crippen LogP contribution in [0.15, 0.2) is 5.10 Å². The molecule has 1 N–H and O–H groups in total. The van der Waals surface area contributed by atoms with Crippen LogP contribution in [-0.4, -0.2) is 40.9 Å². The number of rotatable bonds is 3. The topological polar surface area (TPSA) is 94.8 Å². The summed E-state index contributed by atoms with van der Waals surface area (Å²) in [6.07, 6.45) is 6.35. The molecule has 2 amide bonds. The monoisotopic (exact) mass is 334 g/mol. The van der Waals surface area contributed by atoms with Crippen molar-refractivity contribution in [1.82, 2.24) is 10.3 Å². The van der Waals surface area contributed by atoms with E-state index in [1.807, 2.05) is 0 Å². The number of hydrogen-bond donors (Lipinski definition) is 1. The van der Waals surface area contributed by atoms with E-state index in [4.69, 9.17) is 4.74 Å². The molecule has 7 nitrogen and oxygen atoms in total. The second-order valence-electron chi connectivity index (χ2n) is 7.38. The lowest BCUT2D eigenvalue weighted by molar-refractivity contribution is -0.136. The highest BCUT2D eigenvalue weighted by molar-refractivity contribution is 5.88. The van der Waals surface area contributed by atoms with Gasteiger partial charge < -0.3 is 10.1 Å². The number of carbonyl (C=O) groups is 2. The zero-order valence-electron chi connectivity index (χ0n) is 14.6. The summed E-state index contributed by atoms with van der Waals surface area (Å²) in [5, 5.41) is 17.1. The molecule has 0 radical (unpaired) electrons. The molecular weight excluding hydrogens is 308 g/mol. The number of hydrogen-bond acceptors (Lipinski definition) is 5. The van der Waals surface area contributed by atoms with Gasteiger partial charge in [-0.25, -0.2) is 9.80 Å².